The molecule has 1 aliphatic carbocycles. The fourth-order valence-electron chi connectivity index (χ4n) is 3.76. The molecular formula is C16H24N2O4. The zero-order valence-corrected chi connectivity index (χ0v) is 13.2. The molecule has 0 unspecified atom stereocenters. The van der Waals surface area contributed by atoms with Crippen molar-refractivity contribution < 1.29 is 19.2 Å². The van der Waals surface area contributed by atoms with E-state index in [9.17, 15) is 9.90 Å². The van der Waals surface area contributed by atoms with Crippen molar-refractivity contribution in [3.8, 4) is 0 Å². The molecule has 2 aliphatic rings. The molecule has 0 bridgehead atoms. The van der Waals surface area contributed by atoms with Gasteiger partial charge in [-0.2, -0.15) is 0 Å². The number of aryl methyl sites for hydroxylation is 1. The van der Waals surface area contributed by atoms with Crippen LogP contribution in [-0.4, -0.2) is 53.0 Å². The van der Waals surface area contributed by atoms with Gasteiger partial charge in [0.25, 0.3) is 0 Å². The van der Waals surface area contributed by atoms with E-state index < -0.39 is 0 Å². The molecule has 0 radical (unpaired) electrons. The van der Waals surface area contributed by atoms with Gasteiger partial charge in [-0.05, 0) is 26.7 Å². The molecule has 6 nitrogen and oxygen atoms in total. The van der Waals surface area contributed by atoms with Crippen molar-refractivity contribution in [1.29, 1.82) is 0 Å². The van der Waals surface area contributed by atoms with Crippen molar-refractivity contribution >= 4 is 5.91 Å². The fourth-order valence-corrected chi connectivity index (χ4v) is 3.76. The standard InChI is InChI=1S/C16H24N2O4/c1-3-21-14-10-13(19)16(14)4-6-18(7-5-16)15(20)9-12-8-11(2)22-17-12/h8,13-14,19H,3-7,9-10H2,1-2H3/t13-,14-/m1/s1. The van der Waals surface area contributed by atoms with Crippen molar-refractivity contribution in [2.75, 3.05) is 19.7 Å². The maximum absolute atomic E-state index is 12.3. The number of aromatic nitrogens is 1. The number of piperidine rings is 1. The molecule has 3 rings (SSSR count). The molecule has 6 heteroatoms. The maximum atomic E-state index is 12.3. The molecule has 2 heterocycles. The minimum Gasteiger partial charge on any atom is -0.392 e. The third-order valence-electron chi connectivity index (χ3n) is 5.17. The van der Waals surface area contributed by atoms with Gasteiger partial charge in [-0.25, -0.2) is 0 Å². The average Bonchev–Trinajstić information content (AvgIpc) is 2.92. The first-order valence-electron chi connectivity index (χ1n) is 8.05. The smallest absolute Gasteiger partial charge is 0.228 e. The lowest BCUT2D eigenvalue weighted by Crippen LogP contribution is -2.62. The lowest BCUT2D eigenvalue weighted by atomic mass is 9.58. The van der Waals surface area contributed by atoms with E-state index in [2.05, 4.69) is 5.16 Å². The van der Waals surface area contributed by atoms with Gasteiger partial charge >= 0.3 is 0 Å². The molecule has 1 aromatic heterocycles. The number of carbonyl (C=O) groups excluding carboxylic acids is 1. The number of hydrogen-bond acceptors (Lipinski definition) is 5. The minimum absolute atomic E-state index is 0.0740. The molecule has 1 aliphatic heterocycles. The zero-order chi connectivity index (χ0) is 15.7. The van der Waals surface area contributed by atoms with Crippen LogP contribution >= 0.6 is 0 Å². The van der Waals surface area contributed by atoms with Crippen LogP contribution in [-0.2, 0) is 16.0 Å². The third kappa shape index (κ3) is 2.65. The number of amides is 1. The topological polar surface area (TPSA) is 75.8 Å². The van der Waals surface area contributed by atoms with E-state index in [-0.39, 0.29) is 30.0 Å². The van der Waals surface area contributed by atoms with E-state index >= 15 is 0 Å². The van der Waals surface area contributed by atoms with Crippen LogP contribution in [0, 0.1) is 12.3 Å². The third-order valence-corrected chi connectivity index (χ3v) is 5.17. The first-order chi connectivity index (χ1) is 10.5. The minimum atomic E-state index is -0.292. The quantitative estimate of drug-likeness (QED) is 0.907. The van der Waals surface area contributed by atoms with Crippen molar-refractivity contribution in [3.63, 3.8) is 0 Å². The summed E-state index contributed by atoms with van der Waals surface area (Å²) in [7, 11) is 0. The van der Waals surface area contributed by atoms with E-state index in [0.717, 1.165) is 25.0 Å². The molecule has 1 saturated heterocycles. The predicted molar refractivity (Wildman–Crippen MR) is 79.2 cm³/mol. The molecular weight excluding hydrogens is 284 g/mol. The van der Waals surface area contributed by atoms with Crippen LogP contribution in [0.4, 0.5) is 0 Å². The molecule has 0 aromatic carbocycles. The number of ether oxygens (including phenoxy) is 1. The Morgan fingerprint density at radius 2 is 2.27 bits per heavy atom. The van der Waals surface area contributed by atoms with E-state index in [1.54, 1.807) is 6.07 Å². The molecule has 22 heavy (non-hydrogen) atoms. The summed E-state index contributed by atoms with van der Waals surface area (Å²) in [6.45, 7) is 5.83. The Bertz CT molecular complexity index is 532. The van der Waals surface area contributed by atoms with Gasteiger partial charge in [0, 0.05) is 37.6 Å². The van der Waals surface area contributed by atoms with Crippen LogP contribution < -0.4 is 0 Å². The SMILES string of the molecule is CCO[C@@H]1C[C@@H](O)C12CCN(C(=O)Cc1cc(C)on1)CC2. The van der Waals surface area contributed by atoms with Crippen molar-refractivity contribution in [2.24, 2.45) is 5.41 Å². The number of hydrogen-bond donors (Lipinski definition) is 1. The van der Waals surface area contributed by atoms with Crippen LogP contribution in [0.15, 0.2) is 10.6 Å². The number of carbonyl (C=O) groups is 1. The van der Waals surface area contributed by atoms with Gasteiger partial charge in [0.1, 0.15) is 5.76 Å². The van der Waals surface area contributed by atoms with Gasteiger partial charge < -0.3 is 19.3 Å². The summed E-state index contributed by atoms with van der Waals surface area (Å²) >= 11 is 0. The summed E-state index contributed by atoms with van der Waals surface area (Å²) in [5.74, 6) is 0.794. The molecule has 1 aromatic rings. The second-order valence-corrected chi connectivity index (χ2v) is 6.42. The van der Waals surface area contributed by atoms with Gasteiger partial charge in [-0.15, -0.1) is 0 Å². The van der Waals surface area contributed by atoms with Gasteiger partial charge in [-0.3, -0.25) is 4.79 Å². The summed E-state index contributed by atoms with van der Waals surface area (Å²) in [6.07, 6.45) is 2.47. The zero-order valence-electron chi connectivity index (χ0n) is 13.2. The Labute approximate surface area is 130 Å². The Morgan fingerprint density at radius 3 is 2.82 bits per heavy atom. The Hall–Kier alpha value is -1.40. The van der Waals surface area contributed by atoms with Gasteiger partial charge in [-0.1, -0.05) is 5.16 Å². The van der Waals surface area contributed by atoms with Crippen molar-refractivity contribution in [2.45, 2.75) is 51.7 Å². The second-order valence-electron chi connectivity index (χ2n) is 6.42. The Kier molecular flexibility index (Phi) is 4.23. The summed E-state index contributed by atoms with van der Waals surface area (Å²) in [5.41, 5.74) is 0.538. The summed E-state index contributed by atoms with van der Waals surface area (Å²) < 4.78 is 10.7. The Morgan fingerprint density at radius 1 is 1.55 bits per heavy atom. The van der Waals surface area contributed by atoms with E-state index in [4.69, 9.17) is 9.26 Å². The van der Waals surface area contributed by atoms with E-state index in [1.807, 2.05) is 18.7 Å². The van der Waals surface area contributed by atoms with Crippen LogP contribution in [0.5, 0.6) is 0 Å². The maximum Gasteiger partial charge on any atom is 0.228 e. The average molecular weight is 308 g/mol. The van der Waals surface area contributed by atoms with E-state index in [1.165, 1.54) is 0 Å². The lowest BCUT2D eigenvalue weighted by Gasteiger charge is -2.56. The highest BCUT2D eigenvalue weighted by molar-refractivity contribution is 5.78. The summed E-state index contributed by atoms with van der Waals surface area (Å²) in [5, 5.41) is 14.0. The number of aliphatic hydroxyl groups excluding tert-OH is 1. The normalized spacial score (nSPS) is 27.0. The molecule has 122 valence electrons. The largest absolute Gasteiger partial charge is 0.392 e. The van der Waals surface area contributed by atoms with Crippen molar-refractivity contribution in [1.82, 2.24) is 10.1 Å². The van der Waals surface area contributed by atoms with Crippen LogP contribution in [0.2, 0.25) is 0 Å². The Balaban J connectivity index is 1.56. The first-order valence-corrected chi connectivity index (χ1v) is 8.05. The monoisotopic (exact) mass is 308 g/mol. The molecule has 2 fully saturated rings. The summed E-state index contributed by atoms with van der Waals surface area (Å²) in [6, 6.07) is 1.80. The number of likely N-dealkylation sites (tertiary alicyclic amines) is 1. The van der Waals surface area contributed by atoms with Gasteiger partial charge in [0.15, 0.2) is 0 Å². The number of nitrogens with zero attached hydrogens (tertiary/aromatic N) is 2. The van der Waals surface area contributed by atoms with Crippen molar-refractivity contribution in [3.05, 3.63) is 17.5 Å². The summed E-state index contributed by atoms with van der Waals surface area (Å²) in [4.78, 5) is 14.2. The molecule has 2 atom stereocenters. The van der Waals surface area contributed by atoms with Gasteiger partial charge in [0.2, 0.25) is 5.91 Å². The van der Waals surface area contributed by atoms with Gasteiger partial charge in [0.05, 0.1) is 24.3 Å². The highest BCUT2D eigenvalue weighted by Crippen LogP contribution is 2.50. The predicted octanol–water partition coefficient (Wildman–Crippen LogP) is 1.30. The first kappa shape index (κ1) is 15.5. The molecule has 1 amide bonds. The van der Waals surface area contributed by atoms with Crippen LogP contribution in [0.1, 0.15) is 37.6 Å². The highest BCUT2D eigenvalue weighted by atomic mass is 16.5. The number of rotatable bonds is 4. The second kappa shape index (κ2) is 6.01. The van der Waals surface area contributed by atoms with E-state index in [0.29, 0.717) is 25.4 Å². The number of aliphatic hydroxyl groups is 1. The highest BCUT2D eigenvalue weighted by Gasteiger charge is 2.56. The molecule has 1 saturated carbocycles. The van der Waals surface area contributed by atoms with Crippen LogP contribution in [0.25, 0.3) is 0 Å². The lowest BCUT2D eigenvalue weighted by molar-refractivity contribution is -0.210. The molecule has 1 N–H and O–H groups in total. The van der Waals surface area contributed by atoms with Crippen LogP contribution in [0.3, 0.4) is 0 Å². The fraction of sp³-hybridized carbons (Fsp3) is 0.750. The molecule has 1 spiro atoms.